The molecule has 0 unspecified atom stereocenters. The first-order valence-corrected chi connectivity index (χ1v) is 16.0. The lowest BCUT2D eigenvalue weighted by atomic mass is 9.63. The molecule has 0 atom stereocenters. The van der Waals surface area contributed by atoms with Gasteiger partial charge in [-0.3, -0.25) is 9.59 Å². The molecule has 3 aliphatic rings. The van der Waals surface area contributed by atoms with E-state index in [-0.39, 0.29) is 22.4 Å². The number of ketones is 2. The molecule has 0 saturated heterocycles. The van der Waals surface area contributed by atoms with Gasteiger partial charge >= 0.3 is 5.97 Å². The number of hydrogen-bond acceptors (Lipinski definition) is 6. The van der Waals surface area contributed by atoms with E-state index in [9.17, 15) is 19.5 Å². The Labute approximate surface area is 267 Å². The van der Waals surface area contributed by atoms with Crippen molar-refractivity contribution >= 4 is 40.1 Å². The van der Waals surface area contributed by atoms with Gasteiger partial charge < -0.3 is 19.5 Å². The van der Waals surface area contributed by atoms with Gasteiger partial charge in [-0.2, -0.15) is 0 Å². The average molecular weight is 698 g/mol. The van der Waals surface area contributed by atoms with Crippen LogP contribution in [0.4, 0.5) is 0 Å². The van der Waals surface area contributed by atoms with Crippen molar-refractivity contribution in [2.24, 2.45) is 10.8 Å². The van der Waals surface area contributed by atoms with E-state index in [1.165, 1.54) is 5.56 Å². The highest BCUT2D eigenvalue weighted by Gasteiger charge is 2.49. The van der Waals surface area contributed by atoms with E-state index < -0.39 is 18.5 Å². The molecule has 1 N–H and O–H groups in total. The molecule has 0 fully saturated rings. The molecule has 0 radical (unpaired) electrons. The fourth-order valence-electron chi connectivity index (χ4n) is 6.83. The second-order valence-electron chi connectivity index (χ2n) is 13.4. The number of aliphatic carboxylic acids is 1. The number of carbonyl (C=O) groups is 3. The van der Waals surface area contributed by atoms with Gasteiger partial charge in [-0.05, 0) is 82.9 Å². The number of nitrogens with zero attached hydrogens (tertiary/aromatic N) is 1. The van der Waals surface area contributed by atoms with Crippen LogP contribution in [0.2, 0.25) is 0 Å². The minimum absolute atomic E-state index is 0.0734. The normalized spacial score (nSPS) is 19.7. The highest BCUT2D eigenvalue weighted by molar-refractivity contribution is 14.1. The lowest BCUT2D eigenvalue weighted by Crippen LogP contribution is -2.45. The molecule has 0 aromatic heterocycles. The standard InChI is InChI=1S/C35H40INO6/c1-6-42-28-15-22(14-23(36)33(28)43-20-29(40)41)30-31-24(16-34(2,3)18-26(31)38)37(13-12-21-10-8-7-9-11-21)25-17-35(4,5)19-27(39)32(25)30/h7-11,14-15,30H,6,12-13,16-20H2,1-5H3,(H,40,41). The quantitative estimate of drug-likeness (QED) is 0.280. The molecule has 0 amide bonds. The number of allylic oxidation sites excluding steroid dienone is 4. The number of Topliss-reactive ketones (excluding diaryl/α,β-unsaturated/α-hetero) is 2. The van der Waals surface area contributed by atoms with Gasteiger partial charge in [-0.15, -0.1) is 0 Å². The van der Waals surface area contributed by atoms with Gasteiger partial charge in [0.2, 0.25) is 0 Å². The van der Waals surface area contributed by atoms with Crippen LogP contribution in [-0.2, 0) is 20.8 Å². The number of carboxylic acids is 1. The van der Waals surface area contributed by atoms with Crippen LogP contribution in [-0.4, -0.2) is 47.3 Å². The topological polar surface area (TPSA) is 93.1 Å². The van der Waals surface area contributed by atoms with E-state index in [2.05, 4.69) is 67.3 Å². The minimum atomic E-state index is -1.08. The smallest absolute Gasteiger partial charge is 0.341 e. The Morgan fingerprint density at radius 2 is 1.51 bits per heavy atom. The zero-order valence-electron chi connectivity index (χ0n) is 25.6. The summed E-state index contributed by atoms with van der Waals surface area (Å²) in [6.45, 7) is 11.0. The van der Waals surface area contributed by atoms with E-state index >= 15 is 0 Å². The second kappa shape index (κ2) is 12.1. The summed E-state index contributed by atoms with van der Waals surface area (Å²) in [6.07, 6.45) is 3.09. The maximum absolute atomic E-state index is 14.2. The van der Waals surface area contributed by atoms with Crippen molar-refractivity contribution in [2.45, 2.75) is 72.6 Å². The third kappa shape index (κ3) is 6.54. The summed E-state index contributed by atoms with van der Waals surface area (Å²) in [7, 11) is 0. The number of carbonyl (C=O) groups excluding carboxylic acids is 2. The summed E-state index contributed by atoms with van der Waals surface area (Å²) < 4.78 is 12.2. The van der Waals surface area contributed by atoms with E-state index in [0.717, 1.165) is 36.2 Å². The fourth-order valence-corrected chi connectivity index (χ4v) is 7.61. The Kier molecular flexibility index (Phi) is 8.80. The lowest BCUT2D eigenvalue weighted by Gasteiger charge is -2.49. The molecule has 2 aromatic rings. The van der Waals surface area contributed by atoms with Gasteiger partial charge in [0, 0.05) is 47.8 Å². The third-order valence-electron chi connectivity index (χ3n) is 8.49. The van der Waals surface area contributed by atoms with Crippen molar-refractivity contribution < 1.29 is 29.0 Å². The summed E-state index contributed by atoms with van der Waals surface area (Å²) in [5, 5.41) is 9.23. The van der Waals surface area contributed by atoms with Crippen molar-refractivity contribution in [2.75, 3.05) is 19.8 Å². The van der Waals surface area contributed by atoms with Gasteiger partial charge in [-0.25, -0.2) is 4.79 Å². The Morgan fingerprint density at radius 3 is 2.05 bits per heavy atom. The number of rotatable bonds is 9. The molecule has 1 heterocycles. The molecule has 0 spiro atoms. The average Bonchev–Trinajstić information content (AvgIpc) is 2.90. The van der Waals surface area contributed by atoms with Gasteiger partial charge in [-0.1, -0.05) is 58.0 Å². The monoisotopic (exact) mass is 697 g/mol. The van der Waals surface area contributed by atoms with Crippen LogP contribution in [0, 0.1) is 14.4 Å². The van der Waals surface area contributed by atoms with Crippen LogP contribution in [0.5, 0.6) is 11.5 Å². The highest BCUT2D eigenvalue weighted by atomic mass is 127. The molecular weight excluding hydrogens is 657 g/mol. The molecule has 7 nitrogen and oxygen atoms in total. The zero-order chi connectivity index (χ0) is 31.1. The Bertz CT molecular complexity index is 1470. The summed E-state index contributed by atoms with van der Waals surface area (Å²) in [4.78, 5) is 41.9. The number of halogens is 1. The first kappa shape index (κ1) is 31.3. The Morgan fingerprint density at radius 1 is 0.930 bits per heavy atom. The molecule has 0 bridgehead atoms. The van der Waals surface area contributed by atoms with Crippen molar-refractivity contribution in [3.8, 4) is 11.5 Å². The van der Waals surface area contributed by atoms with Crippen LogP contribution in [0.15, 0.2) is 65.0 Å². The van der Waals surface area contributed by atoms with Crippen molar-refractivity contribution in [1.82, 2.24) is 4.90 Å². The minimum Gasteiger partial charge on any atom is -0.490 e. The van der Waals surface area contributed by atoms with Crippen LogP contribution < -0.4 is 9.47 Å². The molecule has 5 rings (SSSR count). The summed E-state index contributed by atoms with van der Waals surface area (Å²) in [6, 6.07) is 14.1. The molecule has 2 aromatic carbocycles. The number of ether oxygens (including phenoxy) is 2. The lowest BCUT2D eigenvalue weighted by molar-refractivity contribution is -0.139. The van der Waals surface area contributed by atoms with Gasteiger partial charge in [0.1, 0.15) is 0 Å². The van der Waals surface area contributed by atoms with Gasteiger partial charge in [0.15, 0.2) is 29.7 Å². The molecule has 0 saturated carbocycles. The molecule has 1 aliphatic heterocycles. The van der Waals surface area contributed by atoms with Gasteiger partial charge in [0.05, 0.1) is 10.2 Å². The fraction of sp³-hybridized carbons (Fsp3) is 0.457. The largest absolute Gasteiger partial charge is 0.490 e. The van der Waals surface area contributed by atoms with E-state index in [4.69, 9.17) is 9.47 Å². The number of hydrogen-bond donors (Lipinski definition) is 1. The third-order valence-corrected chi connectivity index (χ3v) is 9.30. The molecular formula is C35H40INO6. The summed E-state index contributed by atoms with van der Waals surface area (Å²) >= 11 is 2.12. The zero-order valence-corrected chi connectivity index (χ0v) is 27.7. The molecule has 2 aliphatic carbocycles. The molecule has 43 heavy (non-hydrogen) atoms. The number of carboxylic acid groups (broad SMARTS) is 1. The van der Waals surface area contributed by atoms with Crippen molar-refractivity contribution in [3.63, 3.8) is 0 Å². The van der Waals surface area contributed by atoms with Crippen LogP contribution >= 0.6 is 22.6 Å². The first-order valence-electron chi connectivity index (χ1n) is 14.9. The summed E-state index contributed by atoms with van der Waals surface area (Å²) in [5.74, 6) is -0.696. The molecule has 8 heteroatoms. The Hall–Kier alpha value is -3.14. The van der Waals surface area contributed by atoms with E-state index in [1.54, 1.807) is 0 Å². The summed E-state index contributed by atoms with van der Waals surface area (Å²) in [5.41, 5.74) is 5.03. The van der Waals surface area contributed by atoms with Crippen LogP contribution in [0.25, 0.3) is 0 Å². The predicted octanol–water partition coefficient (Wildman–Crippen LogP) is 7.08. The first-order chi connectivity index (χ1) is 20.3. The van der Waals surface area contributed by atoms with Crippen molar-refractivity contribution in [1.29, 1.82) is 0 Å². The maximum atomic E-state index is 14.2. The van der Waals surface area contributed by atoms with Crippen LogP contribution in [0.3, 0.4) is 0 Å². The SMILES string of the molecule is CCOc1cc(C2C3=C(CC(C)(C)CC3=O)N(CCc3ccccc3)C3=C2C(=O)CC(C)(C)C3)cc(I)c1OCC(=O)O. The van der Waals surface area contributed by atoms with E-state index in [0.29, 0.717) is 52.2 Å². The predicted molar refractivity (Wildman–Crippen MR) is 173 cm³/mol. The van der Waals surface area contributed by atoms with Gasteiger partial charge in [0.25, 0.3) is 0 Å². The molecule has 228 valence electrons. The van der Waals surface area contributed by atoms with Crippen molar-refractivity contribution in [3.05, 3.63) is 79.7 Å². The number of benzene rings is 2. The second-order valence-corrected chi connectivity index (χ2v) is 14.5. The Balaban J connectivity index is 1.71. The van der Waals surface area contributed by atoms with Crippen LogP contribution in [0.1, 0.15) is 77.3 Å². The highest BCUT2D eigenvalue weighted by Crippen LogP contribution is 2.55. The van der Waals surface area contributed by atoms with E-state index in [1.807, 2.05) is 37.3 Å². The maximum Gasteiger partial charge on any atom is 0.341 e.